The van der Waals surface area contributed by atoms with Gasteiger partial charge in [0.05, 0.1) is 16.8 Å². The summed E-state index contributed by atoms with van der Waals surface area (Å²) < 4.78 is 0. The van der Waals surface area contributed by atoms with Crippen molar-refractivity contribution in [2.75, 3.05) is 5.32 Å². The summed E-state index contributed by atoms with van der Waals surface area (Å²) in [7, 11) is 0. The first-order valence-electron chi connectivity index (χ1n) is 5.51. The Balaban J connectivity index is 2.30. The molecule has 20 heavy (non-hydrogen) atoms. The van der Waals surface area contributed by atoms with E-state index in [0.717, 1.165) is 0 Å². The Morgan fingerprint density at radius 1 is 1.05 bits per heavy atom. The van der Waals surface area contributed by atoms with Crippen molar-refractivity contribution in [2.45, 2.75) is 0 Å². The third-order valence-corrected chi connectivity index (χ3v) is 3.00. The summed E-state index contributed by atoms with van der Waals surface area (Å²) in [5.74, 6) is -1.14. The van der Waals surface area contributed by atoms with Gasteiger partial charge in [0.25, 0.3) is 11.8 Å². The molecule has 0 unspecified atom stereocenters. The minimum absolute atomic E-state index is 0.0217. The van der Waals surface area contributed by atoms with Crippen LogP contribution in [0.5, 0.6) is 0 Å². The highest BCUT2D eigenvalue weighted by atomic mass is 35.5. The van der Waals surface area contributed by atoms with Crippen molar-refractivity contribution in [3.05, 3.63) is 57.8 Å². The van der Waals surface area contributed by atoms with Gasteiger partial charge >= 0.3 is 0 Å². The van der Waals surface area contributed by atoms with Crippen LogP contribution in [0.4, 0.5) is 5.69 Å². The van der Waals surface area contributed by atoms with E-state index in [-0.39, 0.29) is 21.4 Å². The number of hydrogen-bond donors (Lipinski definition) is 2. The second-order valence-electron chi connectivity index (χ2n) is 3.84. The molecule has 0 fully saturated rings. The Bertz CT molecular complexity index is 689. The molecule has 5 nitrogen and oxygen atoms in total. The van der Waals surface area contributed by atoms with E-state index in [9.17, 15) is 9.59 Å². The molecule has 0 aliphatic carbocycles. The number of anilines is 1. The Hall–Kier alpha value is -2.11. The third-order valence-electron chi connectivity index (χ3n) is 2.50. The number of amides is 2. The Kier molecular flexibility index (Phi) is 4.22. The molecule has 2 amide bonds. The second kappa shape index (κ2) is 5.90. The molecule has 2 aromatic rings. The maximum absolute atomic E-state index is 12.1. The maximum atomic E-state index is 12.1. The highest BCUT2D eigenvalue weighted by molar-refractivity contribution is 6.35. The minimum atomic E-state index is -0.638. The first kappa shape index (κ1) is 14.3. The lowest BCUT2D eigenvalue weighted by Crippen LogP contribution is -2.18. The fourth-order valence-electron chi connectivity index (χ4n) is 1.58. The number of aromatic nitrogens is 1. The fourth-order valence-corrected chi connectivity index (χ4v) is 2.01. The molecule has 0 saturated heterocycles. The van der Waals surface area contributed by atoms with Crippen LogP contribution < -0.4 is 11.1 Å². The van der Waals surface area contributed by atoms with Crippen molar-refractivity contribution >= 4 is 40.7 Å². The van der Waals surface area contributed by atoms with Crippen LogP contribution >= 0.6 is 23.2 Å². The van der Waals surface area contributed by atoms with Gasteiger partial charge in [0.2, 0.25) is 0 Å². The van der Waals surface area contributed by atoms with E-state index in [4.69, 9.17) is 28.9 Å². The first-order valence-corrected chi connectivity index (χ1v) is 6.27. The Morgan fingerprint density at radius 2 is 1.75 bits per heavy atom. The molecular formula is C13H9Cl2N3O2. The largest absolute Gasteiger partial charge is 0.366 e. The molecule has 0 saturated carbocycles. The number of nitrogens with zero attached hydrogens (tertiary/aromatic N) is 1. The smallest absolute Gasteiger partial charge is 0.258 e. The first-order chi connectivity index (χ1) is 9.49. The normalized spacial score (nSPS) is 10.1. The van der Waals surface area contributed by atoms with Gasteiger partial charge in [0.1, 0.15) is 10.3 Å². The lowest BCUT2D eigenvalue weighted by molar-refractivity contribution is 0.100. The summed E-state index contributed by atoms with van der Waals surface area (Å²) in [5.41, 5.74) is 5.89. The molecule has 0 spiro atoms. The SMILES string of the molecule is NC(=O)c1ccccc1NC(=O)c1ccc(Cl)nc1Cl. The van der Waals surface area contributed by atoms with Crippen molar-refractivity contribution in [2.24, 2.45) is 5.73 Å². The maximum Gasteiger partial charge on any atom is 0.258 e. The minimum Gasteiger partial charge on any atom is -0.366 e. The van der Waals surface area contributed by atoms with Crippen LogP contribution in [0.15, 0.2) is 36.4 Å². The molecule has 102 valence electrons. The Morgan fingerprint density at radius 3 is 2.40 bits per heavy atom. The molecule has 2 rings (SSSR count). The quantitative estimate of drug-likeness (QED) is 0.855. The number of benzene rings is 1. The van der Waals surface area contributed by atoms with Crippen LogP contribution in [0.3, 0.4) is 0 Å². The zero-order valence-electron chi connectivity index (χ0n) is 10.1. The molecule has 1 aromatic carbocycles. The number of para-hydroxylation sites is 1. The van der Waals surface area contributed by atoms with Gasteiger partial charge in [0, 0.05) is 0 Å². The van der Waals surface area contributed by atoms with Gasteiger partial charge in [-0.15, -0.1) is 0 Å². The van der Waals surface area contributed by atoms with Crippen LogP contribution in [-0.4, -0.2) is 16.8 Å². The van der Waals surface area contributed by atoms with Gasteiger partial charge in [-0.3, -0.25) is 9.59 Å². The topological polar surface area (TPSA) is 85.1 Å². The van der Waals surface area contributed by atoms with E-state index in [1.54, 1.807) is 18.2 Å². The summed E-state index contributed by atoms with van der Waals surface area (Å²) in [4.78, 5) is 27.1. The number of carbonyl (C=O) groups is 2. The average Bonchev–Trinajstić information content (AvgIpc) is 2.38. The van der Waals surface area contributed by atoms with Crippen LogP contribution in [0.1, 0.15) is 20.7 Å². The van der Waals surface area contributed by atoms with Crippen molar-refractivity contribution < 1.29 is 9.59 Å². The Labute approximate surface area is 124 Å². The molecule has 3 N–H and O–H groups in total. The van der Waals surface area contributed by atoms with Gasteiger partial charge in [-0.2, -0.15) is 0 Å². The zero-order chi connectivity index (χ0) is 14.7. The molecule has 1 heterocycles. The summed E-state index contributed by atoms with van der Waals surface area (Å²) in [5, 5.41) is 2.72. The standard InChI is InChI=1S/C13H9Cl2N3O2/c14-10-6-5-8(11(15)18-10)13(20)17-9-4-2-1-3-7(9)12(16)19/h1-6H,(H2,16,19)(H,17,20). The number of carbonyl (C=O) groups excluding carboxylic acids is 2. The van der Waals surface area contributed by atoms with Gasteiger partial charge in [-0.1, -0.05) is 35.3 Å². The van der Waals surface area contributed by atoms with Crippen LogP contribution in [0, 0.1) is 0 Å². The summed E-state index contributed by atoms with van der Waals surface area (Å²) in [6, 6.07) is 9.29. The van der Waals surface area contributed by atoms with Crippen LogP contribution in [-0.2, 0) is 0 Å². The number of rotatable bonds is 3. The van der Waals surface area contributed by atoms with E-state index in [1.807, 2.05) is 0 Å². The van der Waals surface area contributed by atoms with Crippen LogP contribution in [0.25, 0.3) is 0 Å². The second-order valence-corrected chi connectivity index (χ2v) is 4.58. The molecule has 0 bridgehead atoms. The van der Waals surface area contributed by atoms with Crippen molar-refractivity contribution in [3.63, 3.8) is 0 Å². The number of nitrogens with two attached hydrogens (primary N) is 1. The number of nitrogens with one attached hydrogen (secondary N) is 1. The van der Waals surface area contributed by atoms with Crippen LogP contribution in [0.2, 0.25) is 10.3 Å². The molecule has 7 heteroatoms. The third kappa shape index (κ3) is 3.07. The van der Waals surface area contributed by atoms with Crippen molar-refractivity contribution in [1.82, 2.24) is 4.98 Å². The molecule has 1 aromatic heterocycles. The summed E-state index contributed by atoms with van der Waals surface area (Å²) >= 11 is 11.5. The van der Waals surface area contributed by atoms with Crippen molar-refractivity contribution in [1.29, 1.82) is 0 Å². The number of primary amides is 1. The number of pyridine rings is 1. The van der Waals surface area contributed by atoms with Gasteiger partial charge in [0.15, 0.2) is 0 Å². The molecule has 0 aliphatic heterocycles. The monoisotopic (exact) mass is 309 g/mol. The van der Waals surface area contributed by atoms with E-state index in [0.29, 0.717) is 5.69 Å². The predicted octanol–water partition coefficient (Wildman–Crippen LogP) is 2.74. The zero-order valence-corrected chi connectivity index (χ0v) is 11.6. The molecule has 0 radical (unpaired) electrons. The highest BCUT2D eigenvalue weighted by Gasteiger charge is 2.15. The highest BCUT2D eigenvalue weighted by Crippen LogP contribution is 2.20. The number of halogens is 2. The lowest BCUT2D eigenvalue weighted by atomic mass is 10.1. The van der Waals surface area contributed by atoms with Gasteiger partial charge < -0.3 is 11.1 Å². The van der Waals surface area contributed by atoms with E-state index < -0.39 is 11.8 Å². The van der Waals surface area contributed by atoms with Gasteiger partial charge in [-0.05, 0) is 24.3 Å². The van der Waals surface area contributed by atoms with E-state index in [2.05, 4.69) is 10.3 Å². The fraction of sp³-hybridized carbons (Fsp3) is 0. The van der Waals surface area contributed by atoms with Crippen molar-refractivity contribution in [3.8, 4) is 0 Å². The number of hydrogen-bond acceptors (Lipinski definition) is 3. The average molecular weight is 310 g/mol. The summed E-state index contributed by atoms with van der Waals surface area (Å²) in [6.45, 7) is 0. The molecule has 0 aliphatic rings. The predicted molar refractivity (Wildman–Crippen MR) is 77.2 cm³/mol. The van der Waals surface area contributed by atoms with E-state index >= 15 is 0 Å². The summed E-state index contributed by atoms with van der Waals surface area (Å²) in [6.07, 6.45) is 0. The molecular weight excluding hydrogens is 301 g/mol. The van der Waals surface area contributed by atoms with E-state index in [1.165, 1.54) is 18.2 Å². The molecule has 0 atom stereocenters. The van der Waals surface area contributed by atoms with Gasteiger partial charge in [-0.25, -0.2) is 4.98 Å². The lowest BCUT2D eigenvalue weighted by Gasteiger charge is -2.09.